The van der Waals surface area contributed by atoms with Crippen molar-refractivity contribution in [1.29, 1.82) is 0 Å². The molecule has 0 amide bonds. The molecule has 0 radical (unpaired) electrons. The Morgan fingerprint density at radius 1 is 1.32 bits per heavy atom. The Morgan fingerprint density at radius 3 is 2.73 bits per heavy atom. The smallest absolute Gasteiger partial charge is 0.347 e. The normalized spacial score (nSPS) is 10.5. The molecule has 1 heterocycles. The van der Waals surface area contributed by atoms with Crippen molar-refractivity contribution in [3.63, 3.8) is 0 Å². The van der Waals surface area contributed by atoms with Crippen LogP contribution in [0.5, 0.6) is 11.5 Å². The van der Waals surface area contributed by atoms with Crippen LogP contribution in [0.3, 0.4) is 0 Å². The molecule has 0 saturated carbocycles. The van der Waals surface area contributed by atoms with Crippen LogP contribution in [0.25, 0.3) is 0 Å². The summed E-state index contributed by atoms with van der Waals surface area (Å²) in [5.41, 5.74) is 1.69. The monoisotopic (exact) mass is 321 g/mol. The standard InChI is InChI=1S/C16H19NO4S/c1-10-6-7-12(13(9-10)20-3)21-8-4-5-14-17-11(2)15(22-14)16(18)19/h6-7,9H,4-5,8H2,1-3H3,(H,18,19). The molecule has 0 aliphatic rings. The number of aryl methyl sites for hydroxylation is 3. The Kier molecular flexibility index (Phi) is 5.38. The molecule has 0 saturated heterocycles. The first-order valence-corrected chi connectivity index (χ1v) is 7.80. The summed E-state index contributed by atoms with van der Waals surface area (Å²) in [5, 5.41) is 9.84. The highest BCUT2D eigenvalue weighted by Gasteiger charge is 2.13. The first kappa shape index (κ1) is 16.3. The van der Waals surface area contributed by atoms with Gasteiger partial charge in [0.15, 0.2) is 11.5 Å². The number of carbonyl (C=O) groups is 1. The first-order valence-electron chi connectivity index (χ1n) is 6.98. The van der Waals surface area contributed by atoms with E-state index in [1.807, 2.05) is 25.1 Å². The van der Waals surface area contributed by atoms with E-state index < -0.39 is 5.97 Å². The van der Waals surface area contributed by atoms with Gasteiger partial charge in [-0.1, -0.05) is 6.07 Å². The SMILES string of the molecule is COc1cc(C)ccc1OCCCc1nc(C)c(C(=O)O)s1. The van der Waals surface area contributed by atoms with E-state index in [2.05, 4.69) is 4.98 Å². The molecule has 0 fully saturated rings. The van der Waals surface area contributed by atoms with Crippen LogP contribution in [0.1, 0.15) is 32.4 Å². The van der Waals surface area contributed by atoms with E-state index >= 15 is 0 Å². The molecular weight excluding hydrogens is 302 g/mol. The van der Waals surface area contributed by atoms with Gasteiger partial charge in [0.05, 0.1) is 24.4 Å². The molecule has 6 heteroatoms. The lowest BCUT2D eigenvalue weighted by Gasteiger charge is -2.10. The van der Waals surface area contributed by atoms with Crippen molar-refractivity contribution in [2.24, 2.45) is 0 Å². The predicted molar refractivity (Wildman–Crippen MR) is 85.4 cm³/mol. The molecule has 1 aromatic carbocycles. The molecule has 1 aromatic heterocycles. The number of hydrogen-bond acceptors (Lipinski definition) is 5. The molecule has 0 aliphatic carbocycles. The van der Waals surface area contributed by atoms with Gasteiger partial charge in [-0.05, 0) is 38.0 Å². The molecule has 2 aromatic rings. The van der Waals surface area contributed by atoms with Gasteiger partial charge in [0.1, 0.15) is 4.88 Å². The third kappa shape index (κ3) is 3.98. The van der Waals surface area contributed by atoms with E-state index in [1.165, 1.54) is 11.3 Å². The van der Waals surface area contributed by atoms with Crippen molar-refractivity contribution in [2.75, 3.05) is 13.7 Å². The fraction of sp³-hybridized carbons (Fsp3) is 0.375. The fourth-order valence-electron chi connectivity index (χ4n) is 2.06. The van der Waals surface area contributed by atoms with Gasteiger partial charge >= 0.3 is 5.97 Å². The lowest BCUT2D eigenvalue weighted by molar-refractivity contribution is 0.0701. The highest BCUT2D eigenvalue weighted by molar-refractivity contribution is 7.13. The Bertz CT molecular complexity index is 666. The zero-order valence-electron chi connectivity index (χ0n) is 12.9. The van der Waals surface area contributed by atoms with Gasteiger partial charge in [0.25, 0.3) is 0 Å². The van der Waals surface area contributed by atoms with Gasteiger partial charge in [-0.3, -0.25) is 0 Å². The van der Waals surface area contributed by atoms with Crippen LogP contribution in [-0.2, 0) is 6.42 Å². The number of hydrogen-bond donors (Lipinski definition) is 1. The first-order chi connectivity index (χ1) is 10.5. The van der Waals surface area contributed by atoms with Crippen molar-refractivity contribution in [1.82, 2.24) is 4.98 Å². The molecule has 1 N–H and O–H groups in total. The zero-order valence-corrected chi connectivity index (χ0v) is 13.7. The number of thiazole rings is 1. The Balaban J connectivity index is 1.87. The minimum atomic E-state index is -0.915. The molecule has 0 aliphatic heterocycles. The molecule has 5 nitrogen and oxygen atoms in total. The second-order valence-electron chi connectivity index (χ2n) is 4.93. The quantitative estimate of drug-likeness (QED) is 0.791. The molecule has 0 atom stereocenters. The Hall–Kier alpha value is -2.08. The Morgan fingerprint density at radius 2 is 2.09 bits per heavy atom. The lowest BCUT2D eigenvalue weighted by atomic mass is 10.2. The van der Waals surface area contributed by atoms with Gasteiger partial charge in [-0.15, -0.1) is 11.3 Å². The molecule has 0 unspecified atom stereocenters. The van der Waals surface area contributed by atoms with Crippen molar-refractivity contribution in [3.05, 3.63) is 39.3 Å². The van der Waals surface area contributed by atoms with Crippen LogP contribution in [-0.4, -0.2) is 29.8 Å². The van der Waals surface area contributed by atoms with Gasteiger partial charge in [-0.25, -0.2) is 9.78 Å². The molecule has 118 valence electrons. The number of ether oxygens (including phenoxy) is 2. The van der Waals surface area contributed by atoms with E-state index in [0.29, 0.717) is 23.6 Å². The number of benzene rings is 1. The maximum atomic E-state index is 11.0. The molecule has 22 heavy (non-hydrogen) atoms. The Labute approximate surface area is 133 Å². The molecular formula is C16H19NO4S. The summed E-state index contributed by atoms with van der Waals surface area (Å²) in [7, 11) is 1.62. The van der Waals surface area contributed by atoms with Crippen LogP contribution >= 0.6 is 11.3 Å². The number of methoxy groups -OCH3 is 1. The number of aromatic nitrogens is 1. The summed E-state index contributed by atoms with van der Waals surface area (Å²) in [5.74, 6) is 0.523. The second kappa shape index (κ2) is 7.26. The topological polar surface area (TPSA) is 68.7 Å². The van der Waals surface area contributed by atoms with Crippen molar-refractivity contribution < 1.29 is 19.4 Å². The maximum Gasteiger partial charge on any atom is 0.347 e. The van der Waals surface area contributed by atoms with Gasteiger partial charge < -0.3 is 14.6 Å². The van der Waals surface area contributed by atoms with E-state index in [-0.39, 0.29) is 0 Å². The average Bonchev–Trinajstić information content (AvgIpc) is 2.86. The van der Waals surface area contributed by atoms with Gasteiger partial charge in [-0.2, -0.15) is 0 Å². The zero-order chi connectivity index (χ0) is 16.1. The van der Waals surface area contributed by atoms with Crippen LogP contribution < -0.4 is 9.47 Å². The summed E-state index contributed by atoms with van der Waals surface area (Å²) >= 11 is 1.23. The lowest BCUT2D eigenvalue weighted by Crippen LogP contribution is -2.01. The highest BCUT2D eigenvalue weighted by atomic mass is 32.1. The number of carboxylic acid groups (broad SMARTS) is 1. The van der Waals surface area contributed by atoms with E-state index in [4.69, 9.17) is 14.6 Å². The highest BCUT2D eigenvalue weighted by Crippen LogP contribution is 2.28. The van der Waals surface area contributed by atoms with Crippen molar-refractivity contribution in [3.8, 4) is 11.5 Å². The number of carboxylic acids is 1. The summed E-state index contributed by atoms with van der Waals surface area (Å²) in [4.78, 5) is 15.6. The summed E-state index contributed by atoms with van der Waals surface area (Å²) < 4.78 is 11.0. The van der Waals surface area contributed by atoms with E-state index in [9.17, 15) is 4.79 Å². The largest absolute Gasteiger partial charge is 0.493 e. The van der Waals surface area contributed by atoms with Crippen LogP contribution in [0.4, 0.5) is 0 Å². The molecule has 2 rings (SSSR count). The van der Waals surface area contributed by atoms with E-state index in [0.717, 1.165) is 28.5 Å². The summed E-state index contributed by atoms with van der Waals surface area (Å²) in [6.07, 6.45) is 1.47. The molecule has 0 spiro atoms. The molecule has 0 bridgehead atoms. The second-order valence-corrected chi connectivity index (χ2v) is 6.02. The predicted octanol–water partition coefficient (Wildman–Crippen LogP) is 3.48. The minimum Gasteiger partial charge on any atom is -0.493 e. The number of nitrogens with zero attached hydrogens (tertiary/aromatic N) is 1. The van der Waals surface area contributed by atoms with E-state index in [1.54, 1.807) is 14.0 Å². The van der Waals surface area contributed by atoms with Gasteiger partial charge in [0.2, 0.25) is 0 Å². The maximum absolute atomic E-state index is 11.0. The summed E-state index contributed by atoms with van der Waals surface area (Å²) in [6.45, 7) is 4.24. The van der Waals surface area contributed by atoms with Gasteiger partial charge in [0, 0.05) is 6.42 Å². The average molecular weight is 321 g/mol. The summed E-state index contributed by atoms with van der Waals surface area (Å²) in [6, 6.07) is 5.80. The van der Waals surface area contributed by atoms with Crippen molar-refractivity contribution >= 4 is 17.3 Å². The van der Waals surface area contributed by atoms with Crippen LogP contribution in [0, 0.1) is 13.8 Å². The van der Waals surface area contributed by atoms with Crippen LogP contribution in [0.2, 0.25) is 0 Å². The van der Waals surface area contributed by atoms with Crippen molar-refractivity contribution in [2.45, 2.75) is 26.7 Å². The number of rotatable bonds is 7. The third-order valence-corrected chi connectivity index (χ3v) is 4.35. The minimum absolute atomic E-state index is 0.316. The third-order valence-electron chi connectivity index (χ3n) is 3.15. The fourth-order valence-corrected chi connectivity index (χ4v) is 3.00. The number of aromatic carboxylic acids is 1. The van der Waals surface area contributed by atoms with Crippen LogP contribution in [0.15, 0.2) is 18.2 Å².